The molecule has 1 aliphatic heterocycles. The van der Waals surface area contributed by atoms with E-state index in [1.807, 2.05) is 24.3 Å². The third kappa shape index (κ3) is 3.14. The molecule has 0 radical (unpaired) electrons. The molecular weight excluding hydrogens is 353 g/mol. The van der Waals surface area contributed by atoms with Gasteiger partial charge in [0.2, 0.25) is 10.0 Å². The Morgan fingerprint density at radius 2 is 1.92 bits per heavy atom. The number of nitrogens with zero attached hydrogens (tertiary/aromatic N) is 1. The van der Waals surface area contributed by atoms with E-state index in [-0.39, 0.29) is 16.0 Å². The van der Waals surface area contributed by atoms with Crippen molar-refractivity contribution in [3.63, 3.8) is 0 Å². The average Bonchev–Trinajstić information content (AvgIpc) is 3.08. The van der Waals surface area contributed by atoms with E-state index in [4.69, 9.17) is 16.3 Å². The first kappa shape index (κ1) is 17.2. The Labute approximate surface area is 145 Å². The van der Waals surface area contributed by atoms with Gasteiger partial charge in [0.1, 0.15) is 11.6 Å². The molecule has 0 bridgehead atoms. The summed E-state index contributed by atoms with van der Waals surface area (Å²) in [5, 5.41) is -0.198. The van der Waals surface area contributed by atoms with Crippen molar-refractivity contribution in [1.82, 2.24) is 4.31 Å². The van der Waals surface area contributed by atoms with Gasteiger partial charge in [-0.25, -0.2) is 12.8 Å². The van der Waals surface area contributed by atoms with Crippen LogP contribution in [0.1, 0.15) is 24.4 Å². The summed E-state index contributed by atoms with van der Waals surface area (Å²) in [6.07, 6.45) is 1.51. The lowest BCUT2D eigenvalue weighted by Gasteiger charge is -2.24. The minimum absolute atomic E-state index is 0.00862. The number of rotatable bonds is 4. The van der Waals surface area contributed by atoms with E-state index < -0.39 is 15.8 Å². The Bertz CT molecular complexity index is 839. The summed E-state index contributed by atoms with van der Waals surface area (Å²) in [5.41, 5.74) is 0.907. The molecule has 0 spiro atoms. The molecule has 0 N–H and O–H groups in total. The van der Waals surface area contributed by atoms with Crippen molar-refractivity contribution in [3.8, 4) is 5.75 Å². The van der Waals surface area contributed by atoms with Gasteiger partial charge in [0, 0.05) is 6.54 Å². The number of hydrogen-bond acceptors (Lipinski definition) is 3. The molecule has 0 saturated carbocycles. The van der Waals surface area contributed by atoms with Crippen molar-refractivity contribution < 1.29 is 17.5 Å². The maximum atomic E-state index is 13.3. The quantitative estimate of drug-likeness (QED) is 0.817. The molecule has 128 valence electrons. The van der Waals surface area contributed by atoms with Crippen molar-refractivity contribution >= 4 is 21.6 Å². The summed E-state index contributed by atoms with van der Waals surface area (Å²) in [6, 6.07) is 10.6. The smallest absolute Gasteiger partial charge is 0.243 e. The lowest BCUT2D eigenvalue weighted by Crippen LogP contribution is -2.30. The molecule has 7 heteroatoms. The Morgan fingerprint density at radius 3 is 2.54 bits per heavy atom. The lowest BCUT2D eigenvalue weighted by atomic mass is 10.1. The Balaban J connectivity index is 1.94. The van der Waals surface area contributed by atoms with Crippen LogP contribution in [0.4, 0.5) is 4.39 Å². The second kappa shape index (κ2) is 6.70. The minimum atomic E-state index is -3.74. The van der Waals surface area contributed by atoms with Crippen LogP contribution in [0.2, 0.25) is 5.02 Å². The number of ether oxygens (including phenoxy) is 1. The molecule has 0 unspecified atom stereocenters. The Hall–Kier alpha value is -1.63. The fourth-order valence-electron chi connectivity index (χ4n) is 2.96. The largest absolute Gasteiger partial charge is 0.497 e. The van der Waals surface area contributed by atoms with Crippen molar-refractivity contribution in [3.05, 3.63) is 58.9 Å². The fourth-order valence-corrected chi connectivity index (χ4v) is 4.91. The van der Waals surface area contributed by atoms with Crippen LogP contribution in [0, 0.1) is 5.82 Å². The Kier molecular flexibility index (Phi) is 4.80. The summed E-state index contributed by atoms with van der Waals surface area (Å²) >= 11 is 5.74. The average molecular weight is 370 g/mol. The number of hydrogen-bond donors (Lipinski definition) is 0. The van der Waals surface area contributed by atoms with E-state index in [1.165, 1.54) is 10.4 Å². The standard InChI is InChI=1S/C17H17ClFNO3S/c1-23-13-6-4-12(5-7-13)17-3-2-10-20(17)24(21,22)14-8-9-16(19)15(18)11-14/h4-9,11,17H,2-3,10H2,1H3/t17-/m0/s1. The lowest BCUT2D eigenvalue weighted by molar-refractivity contribution is 0.394. The van der Waals surface area contributed by atoms with Gasteiger partial charge in [-0.2, -0.15) is 4.31 Å². The SMILES string of the molecule is COc1ccc([C@@H]2CCCN2S(=O)(=O)c2ccc(F)c(Cl)c2)cc1. The topological polar surface area (TPSA) is 46.6 Å². The first-order chi connectivity index (χ1) is 11.4. The zero-order chi connectivity index (χ0) is 17.3. The van der Waals surface area contributed by atoms with Crippen molar-refractivity contribution in [2.24, 2.45) is 0 Å². The van der Waals surface area contributed by atoms with Crippen LogP contribution in [0.15, 0.2) is 47.4 Å². The number of sulfonamides is 1. The molecule has 1 saturated heterocycles. The molecule has 0 amide bonds. The van der Waals surface area contributed by atoms with Gasteiger partial charge in [-0.15, -0.1) is 0 Å². The summed E-state index contributed by atoms with van der Waals surface area (Å²) in [4.78, 5) is 0.00862. The van der Waals surface area contributed by atoms with Gasteiger partial charge >= 0.3 is 0 Å². The third-order valence-electron chi connectivity index (χ3n) is 4.20. The molecule has 24 heavy (non-hydrogen) atoms. The highest BCUT2D eigenvalue weighted by Gasteiger charge is 2.36. The van der Waals surface area contributed by atoms with E-state index in [0.29, 0.717) is 6.54 Å². The molecule has 3 rings (SSSR count). The van der Waals surface area contributed by atoms with Crippen LogP contribution in [0.5, 0.6) is 5.75 Å². The van der Waals surface area contributed by atoms with Crippen LogP contribution in [-0.2, 0) is 10.0 Å². The van der Waals surface area contributed by atoms with Crippen molar-refractivity contribution in [1.29, 1.82) is 0 Å². The third-order valence-corrected chi connectivity index (χ3v) is 6.40. The van der Waals surface area contributed by atoms with Crippen LogP contribution >= 0.6 is 11.6 Å². The van der Waals surface area contributed by atoms with Gasteiger partial charge < -0.3 is 4.74 Å². The highest BCUT2D eigenvalue weighted by molar-refractivity contribution is 7.89. The van der Waals surface area contributed by atoms with Crippen molar-refractivity contribution in [2.75, 3.05) is 13.7 Å². The molecule has 1 heterocycles. The molecule has 1 aliphatic rings. The molecule has 0 aliphatic carbocycles. The van der Waals surface area contributed by atoms with E-state index in [1.54, 1.807) is 7.11 Å². The van der Waals surface area contributed by atoms with E-state index >= 15 is 0 Å². The number of benzene rings is 2. The molecule has 4 nitrogen and oxygen atoms in total. The fraction of sp³-hybridized carbons (Fsp3) is 0.294. The number of methoxy groups -OCH3 is 1. The highest BCUT2D eigenvalue weighted by atomic mass is 35.5. The van der Waals surface area contributed by atoms with Crippen LogP contribution in [-0.4, -0.2) is 26.4 Å². The van der Waals surface area contributed by atoms with Crippen LogP contribution in [0.3, 0.4) is 0 Å². The molecule has 1 fully saturated rings. The monoisotopic (exact) mass is 369 g/mol. The van der Waals surface area contributed by atoms with Crippen LogP contribution in [0.25, 0.3) is 0 Å². The van der Waals surface area contributed by atoms with Gasteiger partial charge in [0.25, 0.3) is 0 Å². The maximum Gasteiger partial charge on any atom is 0.243 e. The zero-order valence-electron chi connectivity index (χ0n) is 13.1. The van der Waals surface area contributed by atoms with E-state index in [0.717, 1.165) is 36.3 Å². The molecular formula is C17H17ClFNO3S. The van der Waals surface area contributed by atoms with Gasteiger partial charge in [0.15, 0.2) is 0 Å². The van der Waals surface area contributed by atoms with Crippen LogP contribution < -0.4 is 4.74 Å². The molecule has 1 atom stereocenters. The molecule has 2 aromatic carbocycles. The van der Waals surface area contributed by atoms with Gasteiger partial charge in [-0.3, -0.25) is 0 Å². The first-order valence-corrected chi connectivity index (χ1v) is 9.36. The second-order valence-electron chi connectivity index (χ2n) is 5.62. The van der Waals surface area contributed by atoms with Gasteiger partial charge in [0.05, 0.1) is 23.1 Å². The van der Waals surface area contributed by atoms with E-state index in [9.17, 15) is 12.8 Å². The summed E-state index contributed by atoms with van der Waals surface area (Å²) in [6.45, 7) is 0.425. The zero-order valence-corrected chi connectivity index (χ0v) is 14.6. The summed E-state index contributed by atoms with van der Waals surface area (Å²) in [5.74, 6) is 0.0835. The molecule has 2 aromatic rings. The number of halogens is 2. The summed E-state index contributed by atoms with van der Waals surface area (Å²) in [7, 11) is -2.16. The predicted octanol–water partition coefficient (Wildman–Crippen LogP) is 4.01. The maximum absolute atomic E-state index is 13.3. The highest BCUT2D eigenvalue weighted by Crippen LogP contribution is 2.37. The first-order valence-electron chi connectivity index (χ1n) is 7.54. The van der Waals surface area contributed by atoms with Crippen molar-refractivity contribution in [2.45, 2.75) is 23.8 Å². The normalized spacial score (nSPS) is 18.7. The Morgan fingerprint density at radius 1 is 1.21 bits per heavy atom. The predicted molar refractivity (Wildman–Crippen MR) is 90.3 cm³/mol. The van der Waals surface area contributed by atoms with E-state index in [2.05, 4.69) is 0 Å². The molecule has 0 aromatic heterocycles. The summed E-state index contributed by atoms with van der Waals surface area (Å²) < 4.78 is 45.8. The minimum Gasteiger partial charge on any atom is -0.497 e. The van der Waals surface area contributed by atoms with Gasteiger partial charge in [-0.1, -0.05) is 23.7 Å². The van der Waals surface area contributed by atoms with Gasteiger partial charge in [-0.05, 0) is 48.7 Å². The second-order valence-corrected chi connectivity index (χ2v) is 7.92.